The highest BCUT2D eigenvalue weighted by molar-refractivity contribution is 6.30. The molecule has 0 saturated heterocycles. The van der Waals surface area contributed by atoms with Gasteiger partial charge in [-0.1, -0.05) is 11.6 Å². The monoisotopic (exact) mass is 371 g/mol. The lowest BCUT2D eigenvalue weighted by atomic mass is 10.2. The van der Waals surface area contributed by atoms with Gasteiger partial charge in [0.1, 0.15) is 0 Å². The molecule has 0 aliphatic rings. The van der Waals surface area contributed by atoms with Crippen molar-refractivity contribution >= 4 is 28.9 Å². The number of amides is 1. The first-order chi connectivity index (χ1) is 12.5. The second kappa shape index (κ2) is 7.79. The van der Waals surface area contributed by atoms with Gasteiger partial charge in [-0.25, -0.2) is 4.98 Å². The number of hydrogen-bond acceptors (Lipinski definition) is 5. The maximum atomic E-state index is 12.0. The van der Waals surface area contributed by atoms with Gasteiger partial charge in [-0.3, -0.25) is 14.9 Å². The van der Waals surface area contributed by atoms with Crippen LogP contribution in [0.1, 0.15) is 12.3 Å². The Kier molecular flexibility index (Phi) is 5.28. The Labute approximate surface area is 153 Å². The molecule has 0 bridgehead atoms. The molecule has 8 heteroatoms. The van der Waals surface area contributed by atoms with Gasteiger partial charge in [0.2, 0.25) is 5.91 Å². The van der Waals surface area contributed by atoms with Crippen molar-refractivity contribution in [1.29, 1.82) is 0 Å². The summed E-state index contributed by atoms with van der Waals surface area (Å²) in [6.07, 6.45) is 2.12. The lowest BCUT2D eigenvalue weighted by molar-refractivity contribution is -0.384. The van der Waals surface area contributed by atoms with Crippen LogP contribution in [0.2, 0.25) is 5.02 Å². The molecule has 1 aromatic heterocycles. The molecule has 132 valence electrons. The quantitative estimate of drug-likeness (QED) is 0.509. The van der Waals surface area contributed by atoms with E-state index in [4.69, 9.17) is 16.0 Å². The van der Waals surface area contributed by atoms with Crippen LogP contribution in [0.4, 0.5) is 11.4 Å². The third-order valence-electron chi connectivity index (χ3n) is 3.61. The van der Waals surface area contributed by atoms with E-state index in [9.17, 15) is 14.9 Å². The minimum absolute atomic E-state index is 0.0301. The van der Waals surface area contributed by atoms with E-state index in [1.165, 1.54) is 24.3 Å². The number of hydrogen-bond donors (Lipinski definition) is 1. The molecule has 3 rings (SSSR count). The summed E-state index contributed by atoms with van der Waals surface area (Å²) in [5.74, 6) is 0.825. The van der Waals surface area contributed by atoms with Crippen molar-refractivity contribution in [2.45, 2.75) is 12.8 Å². The van der Waals surface area contributed by atoms with E-state index >= 15 is 0 Å². The number of nitrogens with one attached hydrogen (secondary N) is 1. The maximum absolute atomic E-state index is 12.0. The standard InChI is InChI=1S/C18H14ClN3O4/c19-13-3-1-12(2-4-13)16-11-20-18(26-16)10-9-17(23)21-14-5-7-15(8-6-14)22(24)25/h1-8,11H,9-10H2,(H,21,23). The summed E-state index contributed by atoms with van der Waals surface area (Å²) >= 11 is 5.86. The number of aryl methyl sites for hydroxylation is 1. The van der Waals surface area contributed by atoms with Gasteiger partial charge in [-0.15, -0.1) is 0 Å². The molecule has 0 atom stereocenters. The molecular formula is C18H14ClN3O4. The molecule has 26 heavy (non-hydrogen) atoms. The number of rotatable bonds is 6. The number of halogens is 1. The van der Waals surface area contributed by atoms with Crippen molar-refractivity contribution in [1.82, 2.24) is 4.98 Å². The first kappa shape index (κ1) is 17.6. The molecule has 7 nitrogen and oxygen atoms in total. The summed E-state index contributed by atoms with van der Waals surface area (Å²) in [6.45, 7) is 0. The lowest BCUT2D eigenvalue weighted by Gasteiger charge is -2.03. The van der Waals surface area contributed by atoms with E-state index < -0.39 is 4.92 Å². The fraction of sp³-hybridized carbons (Fsp3) is 0.111. The zero-order valence-electron chi connectivity index (χ0n) is 13.5. The Morgan fingerprint density at radius 2 is 1.85 bits per heavy atom. The van der Waals surface area contributed by atoms with Gasteiger partial charge >= 0.3 is 0 Å². The van der Waals surface area contributed by atoms with Gasteiger partial charge < -0.3 is 9.73 Å². The van der Waals surface area contributed by atoms with Crippen LogP contribution in [-0.4, -0.2) is 15.8 Å². The molecule has 1 N–H and O–H groups in total. The van der Waals surface area contributed by atoms with E-state index in [1.807, 2.05) is 12.1 Å². The summed E-state index contributed by atoms with van der Waals surface area (Å²) in [5.41, 5.74) is 1.32. The third-order valence-corrected chi connectivity index (χ3v) is 3.86. The average molecular weight is 372 g/mol. The van der Waals surface area contributed by atoms with E-state index in [1.54, 1.807) is 18.3 Å². The smallest absolute Gasteiger partial charge is 0.269 e. The summed E-state index contributed by atoms with van der Waals surface area (Å²) in [6, 6.07) is 12.8. The molecule has 0 spiro atoms. The maximum Gasteiger partial charge on any atom is 0.269 e. The molecular weight excluding hydrogens is 358 g/mol. The van der Waals surface area contributed by atoms with Gasteiger partial charge in [-0.05, 0) is 36.4 Å². The predicted molar refractivity (Wildman–Crippen MR) is 97.0 cm³/mol. The number of non-ortho nitro benzene ring substituents is 1. The van der Waals surface area contributed by atoms with E-state index in [-0.39, 0.29) is 18.0 Å². The Bertz CT molecular complexity index is 920. The van der Waals surface area contributed by atoms with Crippen molar-refractivity contribution < 1.29 is 14.1 Å². The molecule has 0 fully saturated rings. The lowest BCUT2D eigenvalue weighted by Crippen LogP contribution is -2.12. The van der Waals surface area contributed by atoms with Crippen LogP contribution >= 0.6 is 11.6 Å². The van der Waals surface area contributed by atoms with E-state index in [0.29, 0.717) is 28.8 Å². The number of benzene rings is 2. The number of anilines is 1. The zero-order valence-corrected chi connectivity index (χ0v) is 14.3. The topological polar surface area (TPSA) is 98.3 Å². The minimum Gasteiger partial charge on any atom is -0.441 e. The normalized spacial score (nSPS) is 10.5. The van der Waals surface area contributed by atoms with Crippen LogP contribution < -0.4 is 5.32 Å². The number of nitro benzene ring substituents is 1. The highest BCUT2D eigenvalue weighted by Crippen LogP contribution is 2.23. The summed E-state index contributed by atoms with van der Waals surface area (Å²) in [7, 11) is 0. The van der Waals surface area contributed by atoms with Crippen LogP contribution in [0.25, 0.3) is 11.3 Å². The first-order valence-corrected chi connectivity index (χ1v) is 8.14. The van der Waals surface area contributed by atoms with Gasteiger partial charge in [0.05, 0.1) is 11.1 Å². The third kappa shape index (κ3) is 4.46. The average Bonchev–Trinajstić information content (AvgIpc) is 3.10. The largest absolute Gasteiger partial charge is 0.441 e. The first-order valence-electron chi connectivity index (χ1n) is 7.76. The Hall–Kier alpha value is -3.19. The highest BCUT2D eigenvalue weighted by Gasteiger charge is 2.10. The van der Waals surface area contributed by atoms with Gasteiger partial charge in [0, 0.05) is 41.2 Å². The number of carbonyl (C=O) groups is 1. The van der Waals surface area contributed by atoms with Crippen molar-refractivity contribution in [2.75, 3.05) is 5.32 Å². The molecule has 0 saturated carbocycles. The Morgan fingerprint density at radius 1 is 1.15 bits per heavy atom. The van der Waals surface area contributed by atoms with Crippen LogP contribution in [0.5, 0.6) is 0 Å². The molecule has 2 aromatic carbocycles. The Morgan fingerprint density at radius 3 is 2.50 bits per heavy atom. The second-order valence-corrected chi connectivity index (χ2v) is 5.91. The van der Waals surface area contributed by atoms with Crippen LogP contribution in [-0.2, 0) is 11.2 Å². The number of nitro groups is 1. The van der Waals surface area contributed by atoms with Gasteiger partial charge in [0.25, 0.3) is 5.69 Å². The number of nitrogens with zero attached hydrogens (tertiary/aromatic N) is 2. The Balaban J connectivity index is 1.54. The summed E-state index contributed by atoms with van der Waals surface area (Å²) in [5, 5.41) is 13.9. The van der Waals surface area contributed by atoms with Crippen LogP contribution in [0.3, 0.4) is 0 Å². The summed E-state index contributed by atoms with van der Waals surface area (Å²) in [4.78, 5) is 26.3. The predicted octanol–water partition coefficient (Wildman–Crippen LogP) is 4.47. The fourth-order valence-corrected chi connectivity index (χ4v) is 2.41. The summed E-state index contributed by atoms with van der Waals surface area (Å²) < 4.78 is 5.64. The SMILES string of the molecule is O=C(CCc1ncc(-c2ccc(Cl)cc2)o1)Nc1ccc([N+](=O)[O-])cc1. The highest BCUT2D eigenvalue weighted by atomic mass is 35.5. The molecule has 0 unspecified atom stereocenters. The number of carbonyl (C=O) groups excluding carboxylic acids is 1. The van der Waals surface area contributed by atoms with Crippen molar-refractivity contribution in [3.05, 3.63) is 75.8 Å². The molecule has 1 heterocycles. The zero-order chi connectivity index (χ0) is 18.5. The van der Waals surface area contributed by atoms with Crippen LogP contribution in [0, 0.1) is 10.1 Å². The van der Waals surface area contributed by atoms with Crippen molar-refractivity contribution in [3.63, 3.8) is 0 Å². The molecule has 0 aliphatic heterocycles. The second-order valence-electron chi connectivity index (χ2n) is 5.48. The number of aromatic nitrogens is 1. The molecule has 0 radical (unpaired) electrons. The van der Waals surface area contributed by atoms with Gasteiger partial charge in [0.15, 0.2) is 11.7 Å². The number of oxazole rings is 1. The van der Waals surface area contributed by atoms with Gasteiger partial charge in [-0.2, -0.15) is 0 Å². The van der Waals surface area contributed by atoms with Crippen LogP contribution in [0.15, 0.2) is 59.1 Å². The molecule has 0 aliphatic carbocycles. The van der Waals surface area contributed by atoms with E-state index in [0.717, 1.165) is 5.56 Å². The fourth-order valence-electron chi connectivity index (χ4n) is 2.28. The van der Waals surface area contributed by atoms with E-state index in [2.05, 4.69) is 10.3 Å². The minimum atomic E-state index is -0.494. The molecule has 3 aromatic rings. The van der Waals surface area contributed by atoms with Crippen molar-refractivity contribution in [3.8, 4) is 11.3 Å². The van der Waals surface area contributed by atoms with Crippen molar-refractivity contribution in [2.24, 2.45) is 0 Å². The molecule has 1 amide bonds.